The molecule has 0 spiro atoms. The maximum atomic E-state index is 4.94. The molecular formula is C7H18OSi. The van der Waals surface area contributed by atoms with Crippen LogP contribution in [0.3, 0.4) is 0 Å². The van der Waals surface area contributed by atoms with Crippen molar-refractivity contribution < 1.29 is 4.74 Å². The summed E-state index contributed by atoms with van der Waals surface area (Å²) < 4.78 is 4.94. The van der Waals surface area contributed by atoms with Gasteiger partial charge >= 0.3 is 0 Å². The van der Waals surface area contributed by atoms with Gasteiger partial charge in [-0.1, -0.05) is 25.6 Å². The van der Waals surface area contributed by atoms with Crippen molar-refractivity contribution in [3.05, 3.63) is 0 Å². The van der Waals surface area contributed by atoms with E-state index in [1.807, 2.05) is 0 Å². The molecular weight excluding hydrogens is 128 g/mol. The molecule has 0 N–H and O–H groups in total. The van der Waals surface area contributed by atoms with Crippen LogP contribution in [0.25, 0.3) is 0 Å². The van der Waals surface area contributed by atoms with E-state index in [1.165, 1.54) is 18.9 Å². The second-order valence-corrected chi connectivity index (χ2v) is 6.25. The molecule has 0 saturated heterocycles. The van der Waals surface area contributed by atoms with Gasteiger partial charge in [-0.2, -0.15) is 0 Å². The van der Waals surface area contributed by atoms with E-state index in [0.717, 1.165) is 6.61 Å². The first-order chi connectivity index (χ1) is 4.27. The fraction of sp³-hybridized carbons (Fsp3) is 1.00. The second-order valence-electron chi connectivity index (χ2n) is 2.88. The Morgan fingerprint density at radius 1 is 1.22 bits per heavy atom. The molecule has 0 unspecified atom stereocenters. The minimum absolute atomic E-state index is 0.269. The van der Waals surface area contributed by atoms with Gasteiger partial charge in [0.25, 0.3) is 0 Å². The topological polar surface area (TPSA) is 9.23 Å². The number of ether oxygens (including phenoxy) is 1. The molecule has 0 aliphatic rings. The van der Waals surface area contributed by atoms with Crippen LogP contribution < -0.4 is 0 Å². The van der Waals surface area contributed by atoms with Gasteiger partial charge in [-0.3, -0.25) is 0 Å². The summed E-state index contributed by atoms with van der Waals surface area (Å²) in [5.41, 5.74) is 0. The average molecular weight is 146 g/mol. The number of rotatable bonds is 5. The molecule has 0 aliphatic carbocycles. The smallest absolute Gasteiger partial charge is 0.0462 e. The van der Waals surface area contributed by atoms with E-state index >= 15 is 0 Å². The van der Waals surface area contributed by atoms with Gasteiger partial charge in [0.2, 0.25) is 0 Å². The highest BCUT2D eigenvalue weighted by Gasteiger charge is 1.93. The number of hydrogen-bond donors (Lipinski definition) is 0. The van der Waals surface area contributed by atoms with Crippen molar-refractivity contribution in [3.8, 4) is 0 Å². The fourth-order valence-corrected chi connectivity index (χ4v) is 1.90. The van der Waals surface area contributed by atoms with Gasteiger partial charge in [-0.25, -0.2) is 0 Å². The Balaban J connectivity index is 2.75. The van der Waals surface area contributed by atoms with E-state index in [-0.39, 0.29) is 8.80 Å². The first-order valence-corrected chi connectivity index (χ1v) is 6.89. The molecule has 0 aromatic rings. The molecule has 9 heavy (non-hydrogen) atoms. The van der Waals surface area contributed by atoms with Crippen LogP contribution in [0.15, 0.2) is 0 Å². The third-order valence-electron chi connectivity index (χ3n) is 1.38. The lowest BCUT2D eigenvalue weighted by atomic mass is 10.4. The zero-order valence-corrected chi connectivity index (χ0v) is 7.97. The van der Waals surface area contributed by atoms with E-state index in [4.69, 9.17) is 4.74 Å². The van der Waals surface area contributed by atoms with E-state index in [1.54, 1.807) is 7.11 Å². The summed E-state index contributed by atoms with van der Waals surface area (Å²) in [4.78, 5) is 0. The normalized spacial score (nSPS) is 10.7. The van der Waals surface area contributed by atoms with Crippen molar-refractivity contribution in [1.29, 1.82) is 0 Å². The summed E-state index contributed by atoms with van der Waals surface area (Å²) in [7, 11) is 1.50. The molecule has 0 bridgehead atoms. The van der Waals surface area contributed by atoms with Gasteiger partial charge in [0.15, 0.2) is 0 Å². The highest BCUT2D eigenvalue weighted by molar-refractivity contribution is 6.55. The van der Waals surface area contributed by atoms with Crippen molar-refractivity contribution in [2.45, 2.75) is 32.0 Å². The first-order valence-electron chi connectivity index (χ1n) is 3.76. The van der Waals surface area contributed by atoms with Crippen LogP contribution >= 0.6 is 0 Å². The molecule has 0 atom stereocenters. The minimum atomic E-state index is -0.269. The van der Waals surface area contributed by atoms with E-state index in [2.05, 4.69) is 13.1 Å². The predicted octanol–water partition coefficient (Wildman–Crippen LogP) is 1.90. The van der Waals surface area contributed by atoms with Crippen molar-refractivity contribution in [2.75, 3.05) is 13.7 Å². The third-order valence-corrected chi connectivity index (χ3v) is 2.94. The van der Waals surface area contributed by atoms with Gasteiger partial charge < -0.3 is 4.74 Å². The van der Waals surface area contributed by atoms with Crippen molar-refractivity contribution >= 4 is 8.80 Å². The van der Waals surface area contributed by atoms with Crippen molar-refractivity contribution in [2.24, 2.45) is 0 Å². The average Bonchev–Trinajstić information content (AvgIpc) is 1.80. The third kappa shape index (κ3) is 8.18. The summed E-state index contributed by atoms with van der Waals surface area (Å²) in [5, 5.41) is 0. The molecule has 0 aromatic heterocycles. The Bertz CT molecular complexity index is 54.9. The summed E-state index contributed by atoms with van der Waals surface area (Å²) in [6, 6.07) is 1.48. The van der Waals surface area contributed by atoms with Crippen LogP contribution in [0, 0.1) is 0 Å². The Kier molecular flexibility index (Phi) is 6.42. The van der Waals surface area contributed by atoms with Gasteiger partial charge in [-0.05, 0) is 6.42 Å². The van der Waals surface area contributed by atoms with E-state index < -0.39 is 0 Å². The largest absolute Gasteiger partial charge is 0.385 e. The SMILES string of the molecule is COCCCC[SiH](C)C. The van der Waals surface area contributed by atoms with Crippen LogP contribution in [-0.2, 0) is 4.74 Å². The summed E-state index contributed by atoms with van der Waals surface area (Å²) in [5.74, 6) is 0. The first kappa shape index (κ1) is 9.18. The van der Waals surface area contributed by atoms with Crippen LogP contribution in [-0.4, -0.2) is 22.5 Å². The maximum absolute atomic E-state index is 4.94. The maximum Gasteiger partial charge on any atom is 0.0462 e. The van der Waals surface area contributed by atoms with Crippen LogP contribution in [0.2, 0.25) is 19.1 Å². The van der Waals surface area contributed by atoms with Crippen LogP contribution in [0.1, 0.15) is 12.8 Å². The Morgan fingerprint density at radius 3 is 2.33 bits per heavy atom. The van der Waals surface area contributed by atoms with Crippen molar-refractivity contribution in [3.63, 3.8) is 0 Å². The van der Waals surface area contributed by atoms with Gasteiger partial charge in [0.1, 0.15) is 0 Å². The second kappa shape index (κ2) is 6.30. The van der Waals surface area contributed by atoms with E-state index in [0.29, 0.717) is 0 Å². The van der Waals surface area contributed by atoms with E-state index in [9.17, 15) is 0 Å². The molecule has 0 rings (SSSR count). The Hall–Kier alpha value is 0.177. The molecule has 2 heteroatoms. The molecule has 0 radical (unpaired) electrons. The summed E-state index contributed by atoms with van der Waals surface area (Å²) in [6.07, 6.45) is 2.62. The quantitative estimate of drug-likeness (QED) is 0.425. The molecule has 0 aliphatic heterocycles. The van der Waals surface area contributed by atoms with Crippen LogP contribution in [0.5, 0.6) is 0 Å². The van der Waals surface area contributed by atoms with Gasteiger partial charge in [0, 0.05) is 22.5 Å². The van der Waals surface area contributed by atoms with Crippen LogP contribution in [0.4, 0.5) is 0 Å². The lowest BCUT2D eigenvalue weighted by Crippen LogP contribution is -1.99. The number of hydrogen-bond acceptors (Lipinski definition) is 1. The molecule has 56 valence electrons. The molecule has 0 aromatic carbocycles. The molecule has 1 nitrogen and oxygen atoms in total. The lowest BCUT2D eigenvalue weighted by Gasteiger charge is -2.00. The lowest BCUT2D eigenvalue weighted by molar-refractivity contribution is 0.194. The highest BCUT2D eigenvalue weighted by atomic mass is 28.3. The zero-order valence-electron chi connectivity index (χ0n) is 6.81. The van der Waals surface area contributed by atoms with Gasteiger partial charge in [-0.15, -0.1) is 0 Å². The molecule has 0 heterocycles. The summed E-state index contributed by atoms with van der Waals surface area (Å²) >= 11 is 0. The standard InChI is InChI=1S/C7H18OSi/c1-8-6-4-5-7-9(2)3/h9H,4-7H2,1-3H3. The monoisotopic (exact) mass is 146 g/mol. The predicted molar refractivity (Wildman–Crippen MR) is 44.8 cm³/mol. The molecule has 0 fully saturated rings. The van der Waals surface area contributed by atoms with Gasteiger partial charge in [0.05, 0.1) is 0 Å². The number of unbranched alkanes of at least 4 members (excludes halogenated alkanes) is 1. The highest BCUT2D eigenvalue weighted by Crippen LogP contribution is 2.00. The minimum Gasteiger partial charge on any atom is -0.385 e. The fourth-order valence-electron chi connectivity index (χ4n) is 0.799. The Morgan fingerprint density at radius 2 is 1.89 bits per heavy atom. The Labute approximate surface area is 60.0 Å². The number of methoxy groups -OCH3 is 1. The molecule has 0 saturated carbocycles. The van der Waals surface area contributed by atoms with Crippen molar-refractivity contribution in [1.82, 2.24) is 0 Å². The molecule has 0 amide bonds. The summed E-state index contributed by atoms with van der Waals surface area (Å²) in [6.45, 7) is 5.74. The zero-order chi connectivity index (χ0) is 7.11.